The molecular weight excluding hydrogens is 257 g/mol. The zero-order valence-corrected chi connectivity index (χ0v) is 10.9. The summed E-state index contributed by atoms with van der Waals surface area (Å²) in [7, 11) is 0. The monoisotopic (exact) mass is 271 g/mol. The second kappa shape index (κ2) is 5.74. The summed E-state index contributed by atoms with van der Waals surface area (Å²) >= 11 is 12.4. The van der Waals surface area contributed by atoms with Gasteiger partial charge in [0.05, 0.1) is 21.9 Å². The van der Waals surface area contributed by atoms with Gasteiger partial charge in [0.1, 0.15) is 0 Å². The Kier molecular flexibility index (Phi) is 4.29. The molecule has 0 aromatic heterocycles. The average molecular weight is 272 g/mol. The topological polar surface area (TPSA) is 36.1 Å². The molecule has 0 atom stereocenters. The lowest BCUT2D eigenvalue weighted by Crippen LogP contribution is -2.21. The molecule has 0 saturated carbocycles. The van der Waals surface area contributed by atoms with Crippen LogP contribution in [-0.4, -0.2) is 19.6 Å². The highest BCUT2D eigenvalue weighted by Crippen LogP contribution is 2.33. The van der Waals surface area contributed by atoms with Gasteiger partial charge in [-0.2, -0.15) is 0 Å². The number of halogens is 2. The van der Waals surface area contributed by atoms with Crippen molar-refractivity contribution in [2.24, 2.45) is 0 Å². The molecule has 1 fully saturated rings. The minimum atomic E-state index is 0.137. The Hall–Kier alpha value is -0.740. The van der Waals surface area contributed by atoms with E-state index in [0.717, 1.165) is 24.3 Å². The van der Waals surface area contributed by atoms with E-state index in [4.69, 9.17) is 23.2 Å². The number of anilines is 1. The van der Waals surface area contributed by atoms with E-state index >= 15 is 0 Å². The van der Waals surface area contributed by atoms with E-state index in [1.807, 2.05) is 12.1 Å². The molecule has 5 heteroatoms. The van der Waals surface area contributed by atoms with E-state index in [2.05, 4.69) is 22.5 Å². The fourth-order valence-electron chi connectivity index (χ4n) is 1.84. The first kappa shape index (κ1) is 12.7. The fraction of sp³-hybridized carbons (Fsp3) is 0.333. The minimum absolute atomic E-state index is 0.137. The van der Waals surface area contributed by atoms with Crippen molar-refractivity contribution < 1.29 is 0 Å². The summed E-state index contributed by atoms with van der Waals surface area (Å²) in [5.74, 6) is 0. The summed E-state index contributed by atoms with van der Waals surface area (Å²) in [5, 5.41) is 11.0. The Morgan fingerprint density at radius 3 is 2.41 bits per heavy atom. The van der Waals surface area contributed by atoms with Gasteiger partial charge in [-0.3, -0.25) is 10.6 Å². The number of nitrogens with one attached hydrogen (secondary N) is 3. The standard InChI is InChI=1S/C12H15Cl2N3/c1-2-3-15-11-9(13)6-8(7-10(11)14)12-16-4-5-17-12/h2,6-7,12,15-17H,1,3-5H2. The molecular formula is C12H15Cl2N3. The van der Waals surface area contributed by atoms with Gasteiger partial charge in [-0.15, -0.1) is 6.58 Å². The summed E-state index contributed by atoms with van der Waals surface area (Å²) in [4.78, 5) is 0. The minimum Gasteiger partial charge on any atom is -0.379 e. The summed E-state index contributed by atoms with van der Waals surface area (Å²) in [6, 6.07) is 3.85. The molecule has 3 nitrogen and oxygen atoms in total. The van der Waals surface area contributed by atoms with E-state index in [9.17, 15) is 0 Å². The molecule has 1 heterocycles. The van der Waals surface area contributed by atoms with Gasteiger partial charge in [0.2, 0.25) is 0 Å². The van der Waals surface area contributed by atoms with Crippen LogP contribution in [0.3, 0.4) is 0 Å². The van der Waals surface area contributed by atoms with Crippen molar-refractivity contribution in [1.29, 1.82) is 0 Å². The van der Waals surface area contributed by atoms with E-state index in [1.165, 1.54) is 0 Å². The Morgan fingerprint density at radius 1 is 1.29 bits per heavy atom. The highest BCUT2D eigenvalue weighted by Gasteiger charge is 2.17. The SMILES string of the molecule is C=CCNc1c(Cl)cc(C2NCCN2)cc1Cl. The molecule has 2 rings (SSSR count). The normalized spacial score (nSPS) is 16.1. The molecule has 17 heavy (non-hydrogen) atoms. The Balaban J connectivity index is 2.23. The summed E-state index contributed by atoms with van der Waals surface area (Å²) in [6.45, 7) is 6.19. The molecule has 0 bridgehead atoms. The predicted octanol–water partition coefficient (Wildman–Crippen LogP) is 2.78. The van der Waals surface area contributed by atoms with Crippen LogP contribution in [0.1, 0.15) is 11.7 Å². The van der Waals surface area contributed by atoms with Gasteiger partial charge in [-0.05, 0) is 17.7 Å². The van der Waals surface area contributed by atoms with E-state index in [0.29, 0.717) is 16.6 Å². The third kappa shape index (κ3) is 2.93. The Bertz CT molecular complexity index is 391. The van der Waals surface area contributed by atoms with Crippen molar-refractivity contribution in [1.82, 2.24) is 10.6 Å². The van der Waals surface area contributed by atoms with Gasteiger partial charge in [0, 0.05) is 19.6 Å². The first-order valence-corrected chi connectivity index (χ1v) is 6.28. The second-order valence-electron chi connectivity index (χ2n) is 3.87. The molecule has 1 aliphatic heterocycles. The van der Waals surface area contributed by atoms with Gasteiger partial charge < -0.3 is 5.32 Å². The first-order chi connectivity index (χ1) is 8.22. The quantitative estimate of drug-likeness (QED) is 0.738. The first-order valence-electron chi connectivity index (χ1n) is 5.53. The summed E-state index contributed by atoms with van der Waals surface area (Å²) in [6.07, 6.45) is 1.90. The highest BCUT2D eigenvalue weighted by atomic mass is 35.5. The number of hydrogen-bond donors (Lipinski definition) is 3. The van der Waals surface area contributed by atoms with Gasteiger partial charge in [-0.25, -0.2) is 0 Å². The van der Waals surface area contributed by atoms with E-state index in [-0.39, 0.29) is 6.17 Å². The maximum absolute atomic E-state index is 6.21. The predicted molar refractivity (Wildman–Crippen MR) is 73.9 cm³/mol. The van der Waals surface area contributed by atoms with Crippen LogP contribution in [0.15, 0.2) is 24.8 Å². The van der Waals surface area contributed by atoms with Crippen molar-refractivity contribution in [3.05, 3.63) is 40.4 Å². The molecule has 1 saturated heterocycles. The van der Waals surface area contributed by atoms with Crippen LogP contribution in [0.5, 0.6) is 0 Å². The maximum Gasteiger partial charge on any atom is 0.0837 e. The van der Waals surface area contributed by atoms with E-state index in [1.54, 1.807) is 6.08 Å². The van der Waals surface area contributed by atoms with Gasteiger partial charge in [-0.1, -0.05) is 29.3 Å². The lowest BCUT2D eigenvalue weighted by Gasteiger charge is -2.15. The smallest absolute Gasteiger partial charge is 0.0837 e. The van der Waals surface area contributed by atoms with Crippen LogP contribution in [-0.2, 0) is 0 Å². The molecule has 92 valence electrons. The number of hydrogen-bond acceptors (Lipinski definition) is 3. The summed E-state index contributed by atoms with van der Waals surface area (Å²) in [5.41, 5.74) is 1.82. The van der Waals surface area contributed by atoms with Crippen LogP contribution < -0.4 is 16.0 Å². The van der Waals surface area contributed by atoms with Crippen molar-refractivity contribution in [2.75, 3.05) is 25.0 Å². The van der Waals surface area contributed by atoms with E-state index < -0.39 is 0 Å². The number of rotatable bonds is 4. The van der Waals surface area contributed by atoms with Crippen molar-refractivity contribution >= 4 is 28.9 Å². The van der Waals surface area contributed by atoms with Gasteiger partial charge in [0.25, 0.3) is 0 Å². The maximum atomic E-state index is 6.21. The van der Waals surface area contributed by atoms with Crippen LogP contribution in [0.4, 0.5) is 5.69 Å². The molecule has 0 spiro atoms. The molecule has 0 radical (unpaired) electrons. The molecule has 1 aliphatic rings. The van der Waals surface area contributed by atoms with Crippen molar-refractivity contribution in [2.45, 2.75) is 6.17 Å². The fourth-order valence-corrected chi connectivity index (χ4v) is 2.48. The zero-order valence-electron chi connectivity index (χ0n) is 9.39. The third-order valence-corrected chi connectivity index (χ3v) is 3.24. The van der Waals surface area contributed by atoms with Gasteiger partial charge >= 0.3 is 0 Å². The van der Waals surface area contributed by atoms with Gasteiger partial charge in [0.15, 0.2) is 0 Å². The lowest BCUT2D eigenvalue weighted by molar-refractivity contribution is 0.588. The molecule has 0 aliphatic carbocycles. The third-order valence-electron chi connectivity index (χ3n) is 2.64. The van der Waals surface area contributed by atoms with Crippen molar-refractivity contribution in [3.63, 3.8) is 0 Å². The van der Waals surface area contributed by atoms with Crippen LogP contribution in [0.25, 0.3) is 0 Å². The van der Waals surface area contributed by atoms with Crippen LogP contribution in [0, 0.1) is 0 Å². The molecule has 1 aromatic rings. The summed E-state index contributed by atoms with van der Waals surface area (Å²) < 4.78 is 0. The molecule has 0 amide bonds. The lowest BCUT2D eigenvalue weighted by atomic mass is 10.1. The molecule has 0 unspecified atom stereocenters. The van der Waals surface area contributed by atoms with Crippen LogP contribution >= 0.6 is 23.2 Å². The Labute approximate surface area is 111 Å². The van der Waals surface area contributed by atoms with Crippen LogP contribution in [0.2, 0.25) is 10.0 Å². The Morgan fingerprint density at radius 2 is 1.88 bits per heavy atom. The second-order valence-corrected chi connectivity index (χ2v) is 4.68. The zero-order chi connectivity index (χ0) is 12.3. The van der Waals surface area contributed by atoms with Crippen molar-refractivity contribution in [3.8, 4) is 0 Å². The highest BCUT2D eigenvalue weighted by molar-refractivity contribution is 6.39. The molecule has 1 aromatic carbocycles. The molecule has 3 N–H and O–H groups in total. The number of benzene rings is 1. The average Bonchev–Trinajstić information content (AvgIpc) is 2.81. The largest absolute Gasteiger partial charge is 0.379 e.